The number of methoxy groups -OCH3 is 4. The molecule has 2 atom stereocenters. The van der Waals surface area contributed by atoms with Crippen LogP contribution in [-0.4, -0.2) is 126 Å². The number of ether oxygens (including phenoxy) is 4. The molecule has 22 nitrogen and oxygen atoms in total. The predicted molar refractivity (Wildman–Crippen MR) is 263 cm³/mol. The molecule has 0 radical (unpaired) electrons. The minimum absolute atomic E-state index is 0.0311. The summed E-state index contributed by atoms with van der Waals surface area (Å²) in [5, 5.41) is 38.0. The lowest BCUT2D eigenvalue weighted by Crippen LogP contribution is -2.20. The Morgan fingerprint density at radius 3 is 1.12 bits per heavy atom. The Hall–Kier alpha value is -7.80. The van der Waals surface area contributed by atoms with Crippen LogP contribution in [0.2, 0.25) is 0 Å². The monoisotopic (exact) mass is 1020 g/mol. The number of aromatic nitrogens is 12. The van der Waals surface area contributed by atoms with Crippen molar-refractivity contribution in [1.29, 1.82) is 0 Å². The maximum atomic E-state index is 13.2. The predicted octanol–water partition coefficient (Wildman–Crippen LogP) is 4.80. The molecule has 24 heteroatoms. The molecule has 8 aromatic rings. The van der Waals surface area contributed by atoms with Gasteiger partial charge in [0, 0.05) is 60.7 Å². The molecule has 0 bridgehead atoms. The van der Waals surface area contributed by atoms with E-state index < -0.39 is 54.9 Å². The number of benzene rings is 2. The molecule has 6 heterocycles. The fourth-order valence-corrected chi connectivity index (χ4v) is 10.1. The van der Waals surface area contributed by atoms with Gasteiger partial charge in [-0.25, -0.2) is 36.8 Å². The molecule has 0 amide bonds. The molecular formula is C48H52N12O10S2. The minimum Gasteiger partial charge on any atom is -0.494 e. The first kappa shape index (κ1) is 52.0. The highest BCUT2D eigenvalue weighted by Gasteiger charge is 2.30. The molecule has 6 aromatic heterocycles. The Bertz CT molecular complexity index is 3120. The van der Waals surface area contributed by atoms with Crippen LogP contribution in [0, 0.1) is 27.7 Å². The second-order valence-electron chi connectivity index (χ2n) is 16.5. The van der Waals surface area contributed by atoms with E-state index in [0.29, 0.717) is 57.1 Å². The van der Waals surface area contributed by atoms with Crippen molar-refractivity contribution in [3.8, 4) is 57.1 Å². The maximum Gasteiger partial charge on any atom is 0.170 e. The van der Waals surface area contributed by atoms with E-state index >= 15 is 0 Å². The third-order valence-electron chi connectivity index (χ3n) is 10.7. The van der Waals surface area contributed by atoms with E-state index in [0.717, 1.165) is 22.3 Å². The molecule has 0 saturated heterocycles. The number of rotatable bonds is 18. The first-order chi connectivity index (χ1) is 34.4. The number of para-hydroxylation sites is 2. The van der Waals surface area contributed by atoms with Gasteiger partial charge in [0.25, 0.3) is 0 Å². The summed E-state index contributed by atoms with van der Waals surface area (Å²) in [6, 6.07) is 14.2. The van der Waals surface area contributed by atoms with Crippen molar-refractivity contribution in [2.45, 2.75) is 51.4 Å². The van der Waals surface area contributed by atoms with Crippen LogP contribution in [0.3, 0.4) is 0 Å². The maximum absolute atomic E-state index is 13.2. The highest BCUT2D eigenvalue weighted by Crippen LogP contribution is 2.38. The first-order valence-corrected chi connectivity index (χ1v) is 25.6. The molecule has 0 aliphatic heterocycles. The number of hydrogen-bond acceptors (Lipinski definition) is 20. The van der Waals surface area contributed by atoms with Crippen molar-refractivity contribution >= 4 is 19.7 Å². The molecule has 0 aliphatic rings. The van der Waals surface area contributed by atoms with Gasteiger partial charge >= 0.3 is 0 Å². The normalized spacial score (nSPS) is 12.4. The molecule has 8 rings (SSSR count). The Labute approximate surface area is 415 Å². The molecule has 376 valence electrons. The number of aliphatic hydroxyl groups excluding tert-OH is 2. The largest absolute Gasteiger partial charge is 0.494 e. The summed E-state index contributed by atoms with van der Waals surface area (Å²) in [6.45, 7) is 7.38. The average molecular weight is 1020 g/mol. The summed E-state index contributed by atoms with van der Waals surface area (Å²) in [5.41, 5.74) is 5.53. The zero-order valence-corrected chi connectivity index (χ0v) is 42.2. The third-order valence-corrected chi connectivity index (χ3v) is 13.7. The molecule has 2 N–H and O–H groups in total. The Balaban J connectivity index is 0.000000211. The second kappa shape index (κ2) is 22.5. The van der Waals surface area contributed by atoms with Crippen LogP contribution in [0.15, 0.2) is 98.1 Å². The van der Waals surface area contributed by atoms with Gasteiger partial charge in [-0.15, -0.1) is 20.4 Å². The number of hydrogen-bond donors (Lipinski definition) is 2. The summed E-state index contributed by atoms with van der Waals surface area (Å²) >= 11 is 0. The topological polar surface area (TPSA) is 284 Å². The Kier molecular flexibility index (Phi) is 16.3. The van der Waals surface area contributed by atoms with E-state index in [2.05, 4.69) is 50.3 Å². The molecular weight excluding hydrogens is 969 g/mol. The lowest BCUT2D eigenvalue weighted by molar-refractivity contribution is 0.190. The number of aliphatic hydroxyl groups is 2. The van der Waals surface area contributed by atoms with Crippen molar-refractivity contribution in [2.24, 2.45) is 0 Å². The highest BCUT2D eigenvalue weighted by atomic mass is 32.2. The quantitative estimate of drug-likeness (QED) is 0.117. The van der Waals surface area contributed by atoms with Gasteiger partial charge in [0.1, 0.15) is 58.1 Å². The fraction of sp³-hybridized carbons (Fsp3) is 0.292. The van der Waals surface area contributed by atoms with Crippen LogP contribution >= 0.6 is 0 Å². The smallest absolute Gasteiger partial charge is 0.170 e. The summed E-state index contributed by atoms with van der Waals surface area (Å²) in [7, 11) is -1.76. The van der Waals surface area contributed by atoms with E-state index in [-0.39, 0.29) is 23.3 Å². The molecule has 0 fully saturated rings. The standard InChI is InChI=1S/2C24H26N6O5S/c2*1-15-8-17(12-25-9-15)24-29-28-21(30(24)22-19(34-3)6-5-7-20(22)35-4)14-36(32,33)13-18(31)23-26-10-16(2)11-27-23/h2*5-12,18,31H,13-14H2,1-4H3/t2*18-/m10/s1. The number of nitrogens with zero attached hydrogens (tertiary/aromatic N) is 12. The van der Waals surface area contributed by atoms with Crippen LogP contribution in [0.4, 0.5) is 0 Å². The van der Waals surface area contributed by atoms with Crippen molar-refractivity contribution in [2.75, 3.05) is 39.9 Å². The van der Waals surface area contributed by atoms with Gasteiger partial charge in [-0.05, 0) is 86.3 Å². The van der Waals surface area contributed by atoms with Crippen molar-refractivity contribution in [3.05, 3.63) is 144 Å². The highest BCUT2D eigenvalue weighted by molar-refractivity contribution is 7.90. The van der Waals surface area contributed by atoms with E-state index in [1.54, 1.807) is 84.2 Å². The van der Waals surface area contributed by atoms with Gasteiger partial charge in [0.2, 0.25) is 0 Å². The Morgan fingerprint density at radius 1 is 0.486 bits per heavy atom. The number of aryl methyl sites for hydroxylation is 4. The number of sulfone groups is 2. The summed E-state index contributed by atoms with van der Waals surface area (Å²) in [6.07, 6.45) is 9.92. The summed E-state index contributed by atoms with van der Waals surface area (Å²) < 4.78 is 78.1. The lowest BCUT2D eigenvalue weighted by Gasteiger charge is -2.17. The summed E-state index contributed by atoms with van der Waals surface area (Å²) in [5.74, 6) is 0.553. The minimum atomic E-state index is -3.89. The van der Waals surface area contributed by atoms with Crippen LogP contribution in [0.25, 0.3) is 34.2 Å². The number of pyridine rings is 2. The van der Waals surface area contributed by atoms with Gasteiger partial charge in [-0.3, -0.25) is 19.1 Å². The molecule has 0 aliphatic carbocycles. The van der Waals surface area contributed by atoms with Gasteiger partial charge in [-0.1, -0.05) is 12.1 Å². The zero-order chi connectivity index (χ0) is 51.7. The Morgan fingerprint density at radius 2 is 0.819 bits per heavy atom. The summed E-state index contributed by atoms with van der Waals surface area (Å²) in [4.78, 5) is 24.6. The van der Waals surface area contributed by atoms with Crippen LogP contribution in [0.5, 0.6) is 23.0 Å². The second-order valence-corrected chi connectivity index (χ2v) is 20.7. The SMILES string of the molecule is COc1cccc(OC)c1-n1c(CS(=O)(=O)C[C@@H](O)c2ncc(C)cn2)nnc1-c1cncc(C)c1.COc1cccc(OC)c1-n1c(CS(=O)(=O)C[C@H](O)c2ncc(C)cn2)nnc1-c1cncc(C)c1. The lowest BCUT2D eigenvalue weighted by atomic mass is 10.2. The van der Waals surface area contributed by atoms with E-state index in [4.69, 9.17) is 18.9 Å². The van der Waals surface area contributed by atoms with Gasteiger partial charge < -0.3 is 29.2 Å². The van der Waals surface area contributed by atoms with Gasteiger partial charge in [0.05, 0.1) is 39.9 Å². The van der Waals surface area contributed by atoms with E-state index in [9.17, 15) is 27.0 Å². The first-order valence-electron chi connectivity index (χ1n) is 21.9. The van der Waals surface area contributed by atoms with E-state index in [1.165, 1.54) is 53.2 Å². The molecule has 0 saturated carbocycles. The average Bonchev–Trinajstić information content (AvgIpc) is 3.96. The van der Waals surface area contributed by atoms with Crippen LogP contribution in [-0.2, 0) is 31.2 Å². The van der Waals surface area contributed by atoms with Gasteiger partial charge in [0.15, 0.2) is 54.6 Å². The van der Waals surface area contributed by atoms with Crippen LogP contribution < -0.4 is 18.9 Å². The van der Waals surface area contributed by atoms with Crippen LogP contribution in [0.1, 0.15) is 57.8 Å². The van der Waals surface area contributed by atoms with Crippen molar-refractivity contribution in [3.63, 3.8) is 0 Å². The molecule has 0 spiro atoms. The molecule has 0 unspecified atom stereocenters. The van der Waals surface area contributed by atoms with Crippen molar-refractivity contribution < 1.29 is 46.0 Å². The zero-order valence-electron chi connectivity index (χ0n) is 40.6. The van der Waals surface area contributed by atoms with E-state index in [1.807, 2.05) is 26.0 Å². The third kappa shape index (κ3) is 12.2. The molecule has 2 aromatic carbocycles. The van der Waals surface area contributed by atoms with Gasteiger partial charge in [-0.2, -0.15) is 0 Å². The molecule has 72 heavy (non-hydrogen) atoms. The fourth-order valence-electron chi connectivity index (χ4n) is 7.41. The van der Waals surface area contributed by atoms with Crippen molar-refractivity contribution in [1.82, 2.24) is 59.4 Å².